The van der Waals surface area contributed by atoms with Gasteiger partial charge >= 0.3 is 0 Å². The van der Waals surface area contributed by atoms with Crippen molar-refractivity contribution < 1.29 is 28.8 Å². The molecule has 0 spiro atoms. The number of imidazole rings is 2. The number of carbonyl (C=O) groups is 6. The second kappa shape index (κ2) is 25.1. The molecule has 4 bridgehead atoms. The highest BCUT2D eigenvalue weighted by atomic mass is 16.2. The van der Waals surface area contributed by atoms with Gasteiger partial charge in [0.2, 0.25) is 29.5 Å². The zero-order valence-electron chi connectivity index (χ0n) is 56.2. The lowest BCUT2D eigenvalue weighted by Gasteiger charge is -2.59. The Bertz CT molecular complexity index is 3500. The first-order valence-corrected chi connectivity index (χ1v) is 34.1. The molecule has 6 aliphatic heterocycles. The quantitative estimate of drug-likeness (QED) is 0.0747. The van der Waals surface area contributed by atoms with Gasteiger partial charge in [-0.15, -0.1) is 0 Å². The number of nitrogens with zero attached hydrogens (tertiary/aromatic N) is 9. The highest BCUT2D eigenvalue weighted by molar-refractivity contribution is 5.94. The van der Waals surface area contributed by atoms with Crippen LogP contribution in [0.1, 0.15) is 187 Å². The standard InChI is InChI=1S/C74H98N12O6/c1-48-75-61-26-18-20-28-63(61)84(48)59-42-55-30-31-56(43-59)80(55)38-34-73(53-22-14-12-15-23-53)36-40-82(67(90)70(6,7)77-50(3)87)65(46-73)86(69(92)72(10,11)79-52(5)89)66-47-74(54-24-16-13-17-25-54,37-41-83(66)68(91)71(8,9)78-51(4)88)35-39-81-57-32-33-58(81)45-60(44-57)85-49(2)76-62-27-19-21-29-64(62)85/h12-29,55-60,65-66H,30-47H2,1-11H3,(H,77,87)(H,78,88)(H,79,89)/t55-,56+,57-,58+,59?,60?,65?,66?,73?,74?. The molecule has 490 valence electrons. The van der Waals surface area contributed by atoms with E-state index in [0.29, 0.717) is 61.9 Å². The van der Waals surface area contributed by atoms with Crippen molar-refractivity contribution in [3.63, 3.8) is 0 Å². The number of fused-ring (bicyclic) bond motifs is 6. The van der Waals surface area contributed by atoms with Gasteiger partial charge in [-0.05, 0) is 194 Å². The van der Waals surface area contributed by atoms with Crippen LogP contribution in [0.15, 0.2) is 109 Å². The summed E-state index contributed by atoms with van der Waals surface area (Å²) in [6.45, 7) is 20.8. The van der Waals surface area contributed by atoms with E-state index in [1.807, 2.05) is 17.0 Å². The van der Waals surface area contributed by atoms with Crippen molar-refractivity contribution in [1.29, 1.82) is 0 Å². The van der Waals surface area contributed by atoms with Gasteiger partial charge in [-0.2, -0.15) is 0 Å². The molecule has 0 saturated carbocycles. The van der Waals surface area contributed by atoms with Crippen LogP contribution in [-0.2, 0) is 39.6 Å². The molecule has 6 fully saturated rings. The van der Waals surface area contributed by atoms with E-state index in [2.05, 4.69) is 146 Å². The molecule has 2 aromatic heterocycles. The molecular weight excluding hydrogens is 1150 g/mol. The van der Waals surface area contributed by atoms with Gasteiger partial charge in [0.15, 0.2) is 0 Å². The largest absolute Gasteiger partial charge is 0.342 e. The lowest BCUT2D eigenvalue weighted by Crippen LogP contribution is -2.74. The minimum absolute atomic E-state index is 0.225. The molecule has 6 amide bonds. The second-order valence-corrected chi connectivity index (χ2v) is 29.8. The number of para-hydroxylation sites is 4. The molecule has 8 heterocycles. The number of aryl methyl sites for hydroxylation is 2. The molecule has 10 atom stereocenters. The van der Waals surface area contributed by atoms with Crippen molar-refractivity contribution >= 4 is 57.5 Å². The number of rotatable bonds is 18. The van der Waals surface area contributed by atoms with Crippen molar-refractivity contribution in [1.82, 2.24) is 59.6 Å². The van der Waals surface area contributed by atoms with Gasteiger partial charge in [-0.3, -0.25) is 43.5 Å². The van der Waals surface area contributed by atoms with Crippen LogP contribution in [0.2, 0.25) is 0 Å². The summed E-state index contributed by atoms with van der Waals surface area (Å²) >= 11 is 0. The zero-order chi connectivity index (χ0) is 65.2. The molecule has 0 radical (unpaired) electrons. The summed E-state index contributed by atoms with van der Waals surface area (Å²) in [5.41, 5.74) is 0.984. The summed E-state index contributed by atoms with van der Waals surface area (Å²) < 4.78 is 4.94. The van der Waals surface area contributed by atoms with E-state index in [1.54, 1.807) is 51.3 Å². The topological polar surface area (TPSA) is 190 Å². The predicted octanol–water partition coefficient (Wildman–Crippen LogP) is 10.2. The first kappa shape index (κ1) is 64.7. The Morgan fingerprint density at radius 3 is 1.17 bits per heavy atom. The summed E-state index contributed by atoms with van der Waals surface area (Å²) in [5.74, 6) is -0.249. The van der Waals surface area contributed by atoms with Gasteiger partial charge in [0.25, 0.3) is 5.91 Å². The summed E-state index contributed by atoms with van der Waals surface area (Å²) in [5, 5.41) is 8.97. The Morgan fingerprint density at radius 2 is 0.815 bits per heavy atom. The van der Waals surface area contributed by atoms with Crippen molar-refractivity contribution in [2.45, 2.75) is 242 Å². The molecule has 6 aliphatic rings. The fourth-order valence-corrected chi connectivity index (χ4v) is 18.5. The molecule has 6 aromatic rings. The number of hydrogen-bond donors (Lipinski definition) is 3. The van der Waals surface area contributed by atoms with Gasteiger partial charge < -0.3 is 34.9 Å². The van der Waals surface area contributed by atoms with E-state index in [0.717, 1.165) is 111 Å². The van der Waals surface area contributed by atoms with Gasteiger partial charge in [-0.25, -0.2) is 9.97 Å². The third kappa shape index (κ3) is 12.3. The van der Waals surface area contributed by atoms with E-state index in [-0.39, 0.29) is 36.7 Å². The lowest BCUT2D eigenvalue weighted by molar-refractivity contribution is -0.178. The molecule has 18 nitrogen and oxygen atoms in total. The zero-order valence-corrected chi connectivity index (χ0v) is 56.2. The minimum atomic E-state index is -1.56. The first-order valence-electron chi connectivity index (χ1n) is 34.1. The van der Waals surface area contributed by atoms with Gasteiger partial charge in [0, 0.05) is 80.9 Å². The molecule has 18 heteroatoms. The Labute approximate surface area is 543 Å². The molecule has 3 N–H and O–H groups in total. The third-order valence-electron chi connectivity index (χ3n) is 22.5. The summed E-state index contributed by atoms with van der Waals surface area (Å²) in [4.78, 5) is 110. The van der Waals surface area contributed by atoms with Crippen molar-refractivity contribution in [2.75, 3.05) is 26.2 Å². The highest BCUT2D eigenvalue weighted by Crippen LogP contribution is 2.51. The van der Waals surface area contributed by atoms with E-state index in [1.165, 1.54) is 31.8 Å². The number of aromatic nitrogens is 4. The monoisotopic (exact) mass is 1250 g/mol. The number of piperidine rings is 4. The van der Waals surface area contributed by atoms with Crippen molar-refractivity contribution in [2.24, 2.45) is 0 Å². The van der Waals surface area contributed by atoms with Gasteiger partial charge in [-0.1, -0.05) is 84.9 Å². The number of likely N-dealkylation sites (tertiary alicyclic amines) is 2. The van der Waals surface area contributed by atoms with E-state index >= 15 is 14.4 Å². The molecule has 0 aliphatic carbocycles. The summed E-state index contributed by atoms with van der Waals surface area (Å²) in [7, 11) is 0. The van der Waals surface area contributed by atoms with Crippen LogP contribution in [-0.4, -0.2) is 158 Å². The van der Waals surface area contributed by atoms with Crippen LogP contribution >= 0.6 is 0 Å². The van der Waals surface area contributed by atoms with E-state index in [9.17, 15) is 14.4 Å². The first-order chi connectivity index (χ1) is 43.8. The minimum Gasteiger partial charge on any atom is -0.342 e. The molecular formula is C74H98N12O6. The van der Waals surface area contributed by atoms with Crippen LogP contribution in [0.3, 0.4) is 0 Å². The summed E-state index contributed by atoms with van der Waals surface area (Å²) in [6.07, 6.45) is 9.53. The van der Waals surface area contributed by atoms with Crippen LogP contribution < -0.4 is 16.0 Å². The maximum absolute atomic E-state index is 16.9. The second-order valence-electron chi connectivity index (χ2n) is 29.8. The maximum atomic E-state index is 16.9. The molecule has 4 aromatic carbocycles. The number of hydrogen-bond acceptors (Lipinski definition) is 10. The number of amides is 6. The Kier molecular flexibility index (Phi) is 17.7. The lowest BCUT2D eigenvalue weighted by atomic mass is 9.67. The molecule has 6 unspecified atom stereocenters. The SMILES string of the molecule is CC(=O)NC(C)(C)C(=O)N1CCC(CCN2[C@@H]3CC[C@H]2CC(n2c(C)nc4ccccc42)C3)(c2ccccc2)CC1N(C(=O)C(C)(C)NC(C)=O)C1CC(CCN2[C@@H]3CC[C@H]2CC(n2c(C)nc4ccccc42)C3)(c2ccccc2)CCN1C(=O)C(C)(C)NC(C)=O. The average molecular weight is 1250 g/mol. The molecule has 12 rings (SSSR count). The van der Waals surface area contributed by atoms with Crippen LogP contribution in [0.4, 0.5) is 0 Å². The van der Waals surface area contributed by atoms with Gasteiger partial charge in [0.05, 0.1) is 22.1 Å². The number of nitrogens with one attached hydrogen (secondary N) is 3. The maximum Gasteiger partial charge on any atom is 0.251 e. The van der Waals surface area contributed by atoms with Crippen LogP contribution in [0, 0.1) is 13.8 Å². The Hall–Kier alpha value is -7.44. The number of benzene rings is 4. The summed E-state index contributed by atoms with van der Waals surface area (Å²) in [6, 6.07) is 40.1. The molecule has 92 heavy (non-hydrogen) atoms. The number of carbonyl (C=O) groups excluding carboxylic acids is 6. The highest BCUT2D eigenvalue weighted by Gasteiger charge is 2.57. The van der Waals surface area contributed by atoms with Crippen molar-refractivity contribution in [3.05, 3.63) is 132 Å². The van der Waals surface area contributed by atoms with E-state index in [4.69, 9.17) is 9.97 Å². The van der Waals surface area contributed by atoms with Crippen molar-refractivity contribution in [3.8, 4) is 0 Å². The molecule has 6 saturated heterocycles. The Balaban J connectivity index is 0.960. The van der Waals surface area contributed by atoms with E-state index < -0.39 is 51.6 Å². The average Bonchev–Trinajstić information content (AvgIpc) is 0.947. The van der Waals surface area contributed by atoms with Crippen LogP contribution in [0.25, 0.3) is 22.1 Å². The fraction of sp³-hybridized carbons (Fsp3) is 0.568. The normalized spacial score (nSPS) is 27.1. The predicted molar refractivity (Wildman–Crippen MR) is 358 cm³/mol. The van der Waals surface area contributed by atoms with Crippen LogP contribution in [0.5, 0.6) is 0 Å². The fourth-order valence-electron chi connectivity index (χ4n) is 18.5. The smallest absolute Gasteiger partial charge is 0.251 e. The Morgan fingerprint density at radius 1 is 0.478 bits per heavy atom. The van der Waals surface area contributed by atoms with Gasteiger partial charge in [0.1, 0.15) is 40.6 Å². The third-order valence-corrected chi connectivity index (χ3v) is 22.5.